The van der Waals surface area contributed by atoms with Gasteiger partial charge >= 0.3 is 0 Å². The van der Waals surface area contributed by atoms with E-state index in [1.807, 2.05) is 12.1 Å². The van der Waals surface area contributed by atoms with Crippen molar-refractivity contribution < 1.29 is 9.47 Å². The number of hydrogen-bond donors (Lipinski definition) is 0. The lowest BCUT2D eigenvalue weighted by Gasteiger charge is -2.32. The highest BCUT2D eigenvalue weighted by Crippen LogP contribution is 2.72. The first-order chi connectivity index (χ1) is 16.5. The molecule has 0 spiro atoms. The molecule has 0 amide bonds. The Hall–Kier alpha value is -2.39. The number of hydrogen-bond acceptors (Lipinski definition) is 2. The van der Waals surface area contributed by atoms with Gasteiger partial charge in [0.15, 0.2) is 0 Å². The smallest absolute Gasteiger partial charge is 0.0913 e. The maximum absolute atomic E-state index is 6.84. The predicted octanol–water partition coefficient (Wildman–Crippen LogP) is 7.90. The summed E-state index contributed by atoms with van der Waals surface area (Å²) in [5, 5.41) is 0.760. The van der Waals surface area contributed by atoms with Gasteiger partial charge in [-0.3, -0.25) is 0 Å². The highest BCUT2D eigenvalue weighted by Gasteiger charge is 2.69. The van der Waals surface area contributed by atoms with Gasteiger partial charge < -0.3 is 9.47 Å². The van der Waals surface area contributed by atoms with Crippen LogP contribution in [-0.2, 0) is 9.47 Å². The van der Waals surface area contributed by atoms with Gasteiger partial charge in [0.2, 0.25) is 0 Å². The molecule has 2 aliphatic carbocycles. The van der Waals surface area contributed by atoms with Gasteiger partial charge in [-0.25, -0.2) is 0 Å². The molecule has 1 aliphatic heterocycles. The van der Waals surface area contributed by atoms with Crippen molar-refractivity contribution in [3.8, 4) is 0 Å². The molecular formula is C31H31ClO2. The highest BCUT2D eigenvalue weighted by molar-refractivity contribution is 6.30. The highest BCUT2D eigenvalue weighted by atomic mass is 35.5. The Labute approximate surface area is 207 Å². The maximum atomic E-state index is 6.84. The zero-order valence-corrected chi connectivity index (χ0v) is 20.6. The van der Waals surface area contributed by atoms with E-state index >= 15 is 0 Å². The number of aryl methyl sites for hydroxylation is 2. The number of benzene rings is 3. The summed E-state index contributed by atoms with van der Waals surface area (Å²) in [5.74, 6) is 1.06. The monoisotopic (exact) mass is 470 g/mol. The fourth-order valence-corrected chi connectivity index (χ4v) is 5.86. The Morgan fingerprint density at radius 2 is 1.65 bits per heavy atom. The minimum atomic E-state index is -0.00118. The average Bonchev–Trinajstić information content (AvgIpc) is 3.73. The van der Waals surface area contributed by atoms with E-state index in [-0.39, 0.29) is 17.6 Å². The standard InChI is InChI=1S/C31H31ClO2/c1-20-3-7-22(8-4-20)15-25-16-26(25)18-33-29(23-9-5-21(2)6-10-23)31-17-27(31)19-34-30(31)24-11-13-28(32)14-12-24/h3-15,26-27,29-30H,16-19H2,1-2H3/b25-15+/t26?,27?,29-,30+,31?/m0/s1. The molecule has 6 rings (SSSR count). The van der Waals surface area contributed by atoms with E-state index in [0.717, 1.165) is 31.1 Å². The van der Waals surface area contributed by atoms with Crippen molar-refractivity contribution >= 4 is 17.7 Å². The van der Waals surface area contributed by atoms with Gasteiger partial charge in [-0.2, -0.15) is 0 Å². The molecule has 34 heavy (non-hydrogen) atoms. The summed E-state index contributed by atoms with van der Waals surface area (Å²) in [4.78, 5) is 0. The fraction of sp³-hybridized carbons (Fsp3) is 0.355. The molecule has 174 valence electrons. The van der Waals surface area contributed by atoms with Gasteiger partial charge in [0.1, 0.15) is 0 Å². The van der Waals surface area contributed by atoms with Crippen LogP contribution in [0.3, 0.4) is 0 Å². The van der Waals surface area contributed by atoms with Crippen molar-refractivity contribution in [2.24, 2.45) is 17.3 Å². The SMILES string of the molecule is Cc1ccc(/C=C2\CC2CO[C@@H](c2ccc(C)cc2)C23CC2CO[C@@H]3c2ccc(Cl)cc2)cc1. The summed E-state index contributed by atoms with van der Waals surface area (Å²) in [6.07, 6.45) is 4.68. The molecule has 5 atom stereocenters. The van der Waals surface area contributed by atoms with Crippen LogP contribution in [-0.4, -0.2) is 13.2 Å². The minimum Gasteiger partial charge on any atom is -0.373 e. The third-order valence-corrected chi connectivity index (χ3v) is 8.18. The molecule has 3 aromatic rings. The summed E-state index contributed by atoms with van der Waals surface area (Å²) in [7, 11) is 0. The zero-order chi connectivity index (χ0) is 23.3. The predicted molar refractivity (Wildman–Crippen MR) is 138 cm³/mol. The minimum absolute atomic E-state index is 0.00118. The quantitative estimate of drug-likeness (QED) is 0.349. The van der Waals surface area contributed by atoms with Crippen LogP contribution in [0.4, 0.5) is 0 Å². The molecule has 0 radical (unpaired) electrons. The summed E-state index contributed by atoms with van der Waals surface area (Å²) >= 11 is 6.17. The molecular weight excluding hydrogens is 440 g/mol. The molecule has 0 aromatic heterocycles. The van der Waals surface area contributed by atoms with Crippen LogP contribution in [0.25, 0.3) is 6.08 Å². The van der Waals surface area contributed by atoms with Gasteiger partial charge in [0.25, 0.3) is 0 Å². The molecule has 0 bridgehead atoms. The van der Waals surface area contributed by atoms with Crippen molar-refractivity contribution in [3.63, 3.8) is 0 Å². The normalized spacial score (nSPS) is 29.1. The van der Waals surface area contributed by atoms with Crippen LogP contribution in [0.1, 0.15) is 52.9 Å². The van der Waals surface area contributed by atoms with E-state index in [2.05, 4.69) is 80.6 Å². The second-order valence-electron chi connectivity index (χ2n) is 10.4. The first kappa shape index (κ1) is 22.1. The Morgan fingerprint density at radius 3 is 2.32 bits per heavy atom. The van der Waals surface area contributed by atoms with Gasteiger partial charge in [0.05, 0.1) is 25.4 Å². The van der Waals surface area contributed by atoms with E-state index in [0.29, 0.717) is 11.8 Å². The van der Waals surface area contributed by atoms with E-state index in [1.165, 1.54) is 33.4 Å². The largest absolute Gasteiger partial charge is 0.373 e. The van der Waals surface area contributed by atoms with Crippen LogP contribution in [0.15, 0.2) is 78.4 Å². The van der Waals surface area contributed by atoms with Crippen molar-refractivity contribution in [1.82, 2.24) is 0 Å². The number of halogens is 1. The fourth-order valence-electron chi connectivity index (χ4n) is 5.73. The Bertz CT molecular complexity index is 1200. The lowest BCUT2D eigenvalue weighted by atomic mass is 9.83. The van der Waals surface area contributed by atoms with E-state index in [9.17, 15) is 0 Å². The van der Waals surface area contributed by atoms with E-state index < -0.39 is 0 Å². The zero-order valence-electron chi connectivity index (χ0n) is 19.8. The lowest BCUT2D eigenvalue weighted by molar-refractivity contribution is -0.0530. The topological polar surface area (TPSA) is 18.5 Å². The van der Waals surface area contributed by atoms with Gasteiger partial charge in [-0.1, -0.05) is 95.0 Å². The van der Waals surface area contributed by atoms with Crippen molar-refractivity contribution in [2.75, 3.05) is 13.2 Å². The molecule has 0 N–H and O–H groups in total. The molecule has 2 saturated carbocycles. The van der Waals surface area contributed by atoms with Crippen LogP contribution in [0, 0.1) is 31.1 Å². The van der Waals surface area contributed by atoms with Gasteiger partial charge in [0, 0.05) is 16.4 Å². The summed E-state index contributed by atoms with van der Waals surface area (Å²) < 4.78 is 13.2. The molecule has 3 aromatic carbocycles. The molecule has 3 unspecified atom stereocenters. The number of ether oxygens (including phenoxy) is 2. The van der Waals surface area contributed by atoms with Crippen molar-refractivity contribution in [1.29, 1.82) is 0 Å². The molecule has 1 heterocycles. The molecule has 3 aliphatic rings. The Balaban J connectivity index is 1.24. The molecule has 3 heteroatoms. The van der Waals surface area contributed by atoms with Crippen molar-refractivity contribution in [2.45, 2.75) is 38.9 Å². The van der Waals surface area contributed by atoms with E-state index in [1.54, 1.807) is 0 Å². The van der Waals surface area contributed by atoms with Gasteiger partial charge in [-0.15, -0.1) is 0 Å². The van der Waals surface area contributed by atoms with E-state index in [4.69, 9.17) is 21.1 Å². The van der Waals surface area contributed by atoms with Crippen LogP contribution >= 0.6 is 11.6 Å². The van der Waals surface area contributed by atoms with Crippen molar-refractivity contribution in [3.05, 3.63) is 111 Å². The van der Waals surface area contributed by atoms with Crippen LogP contribution in [0.5, 0.6) is 0 Å². The summed E-state index contributed by atoms with van der Waals surface area (Å²) in [6, 6.07) is 25.8. The number of fused-ring (bicyclic) bond motifs is 1. The Morgan fingerprint density at radius 1 is 0.971 bits per heavy atom. The summed E-state index contributed by atoms with van der Waals surface area (Å²) in [6.45, 7) is 5.84. The molecule has 3 fully saturated rings. The second-order valence-corrected chi connectivity index (χ2v) is 10.9. The summed E-state index contributed by atoms with van der Waals surface area (Å²) in [5.41, 5.74) is 7.82. The molecule has 1 saturated heterocycles. The Kier molecular flexibility index (Phi) is 5.64. The van der Waals surface area contributed by atoms with Crippen LogP contribution in [0.2, 0.25) is 5.02 Å². The maximum Gasteiger partial charge on any atom is 0.0913 e. The average molecular weight is 471 g/mol. The van der Waals surface area contributed by atoms with Gasteiger partial charge in [-0.05, 0) is 61.4 Å². The second kappa shape index (κ2) is 8.68. The first-order valence-electron chi connectivity index (χ1n) is 12.4. The third-order valence-electron chi connectivity index (χ3n) is 7.93. The van der Waals surface area contributed by atoms with Crippen LogP contribution < -0.4 is 0 Å². The first-order valence-corrected chi connectivity index (χ1v) is 12.7. The molecule has 2 nitrogen and oxygen atoms in total. The number of rotatable bonds is 7. The lowest BCUT2D eigenvalue weighted by Crippen LogP contribution is -2.25. The third kappa shape index (κ3) is 4.13.